The molecule has 35 heavy (non-hydrogen) atoms. The molecule has 1 fully saturated rings. The van der Waals surface area contributed by atoms with Gasteiger partial charge in [-0.25, -0.2) is 4.79 Å². The summed E-state index contributed by atoms with van der Waals surface area (Å²) in [5.41, 5.74) is -1.37. The van der Waals surface area contributed by atoms with Crippen LogP contribution in [0.1, 0.15) is 66.0 Å². The van der Waals surface area contributed by atoms with Gasteiger partial charge in [0.15, 0.2) is 11.0 Å². The highest BCUT2D eigenvalue weighted by atomic mass is 35.5. The Bertz CT molecular complexity index is 899. The first-order valence-corrected chi connectivity index (χ1v) is 11.6. The fraction of sp³-hybridized carbons (Fsp3) is 0.727. The number of anilines is 1. The lowest BCUT2D eigenvalue weighted by Gasteiger charge is -2.27. The van der Waals surface area contributed by atoms with Crippen LogP contribution in [0, 0.1) is 5.41 Å². The van der Waals surface area contributed by atoms with Crippen molar-refractivity contribution >= 4 is 29.4 Å². The molecule has 1 heterocycles. The average molecular weight is 524 g/mol. The molecule has 0 bridgehead atoms. The SMILES string of the molecule is CC(C)(C)OC(=O)N[C@@H](CN[C@H](COC1CC1)c1cc(NC(=O)C(C)(C)C)nnc1Cl)C(F)(F)F. The Hall–Kier alpha value is -2.18. The summed E-state index contributed by atoms with van der Waals surface area (Å²) in [6.07, 6.45) is -4.21. The van der Waals surface area contributed by atoms with E-state index >= 15 is 0 Å². The van der Waals surface area contributed by atoms with E-state index in [0.29, 0.717) is 5.56 Å². The van der Waals surface area contributed by atoms with Crippen molar-refractivity contribution < 1.29 is 32.2 Å². The van der Waals surface area contributed by atoms with Gasteiger partial charge in [0.05, 0.1) is 18.8 Å². The third kappa shape index (κ3) is 10.1. The summed E-state index contributed by atoms with van der Waals surface area (Å²) in [6.45, 7) is 9.11. The third-order valence-corrected chi connectivity index (χ3v) is 5.05. The van der Waals surface area contributed by atoms with E-state index in [2.05, 4.69) is 20.8 Å². The standard InChI is InChI=1S/C22H33ClF3N5O4/c1-20(2,3)18(32)29-16-9-13(17(23)31-30-16)14(11-34-12-7-8-12)27-10-15(22(24,25)26)28-19(33)35-21(4,5)6/h9,12,14-15,27H,7-8,10-11H2,1-6H3,(H,28,33)(H,29,30,32)/t14-,15+/m1/s1. The van der Waals surface area contributed by atoms with Gasteiger partial charge in [0, 0.05) is 17.5 Å². The van der Waals surface area contributed by atoms with Gasteiger partial charge in [-0.15, -0.1) is 10.2 Å². The Labute approximate surface area is 207 Å². The number of halogens is 4. The molecule has 0 spiro atoms. The fourth-order valence-corrected chi connectivity index (χ4v) is 2.91. The zero-order chi connectivity index (χ0) is 26.6. The second-order valence-corrected chi connectivity index (χ2v) is 10.8. The molecule has 0 aromatic carbocycles. The highest BCUT2D eigenvalue weighted by Crippen LogP contribution is 2.29. The van der Waals surface area contributed by atoms with E-state index in [9.17, 15) is 22.8 Å². The molecule has 0 saturated heterocycles. The molecule has 3 N–H and O–H groups in total. The maximum absolute atomic E-state index is 13.7. The molecule has 0 aliphatic heterocycles. The minimum Gasteiger partial charge on any atom is -0.444 e. The minimum absolute atomic E-state index is 0.000246. The highest BCUT2D eigenvalue weighted by Gasteiger charge is 2.42. The molecule has 198 valence electrons. The maximum Gasteiger partial charge on any atom is 0.409 e. The van der Waals surface area contributed by atoms with E-state index in [1.807, 2.05) is 5.32 Å². The van der Waals surface area contributed by atoms with Gasteiger partial charge in [-0.05, 0) is 39.7 Å². The predicted octanol–water partition coefficient (Wildman–Crippen LogP) is 4.38. The first-order valence-electron chi connectivity index (χ1n) is 11.2. The molecule has 1 saturated carbocycles. The molecule has 2 amide bonds. The van der Waals surface area contributed by atoms with Gasteiger partial charge in [-0.3, -0.25) is 4.79 Å². The number of rotatable bonds is 9. The molecule has 9 nitrogen and oxygen atoms in total. The molecule has 0 radical (unpaired) electrons. The van der Waals surface area contributed by atoms with Crippen molar-refractivity contribution in [1.82, 2.24) is 20.8 Å². The van der Waals surface area contributed by atoms with Crippen LogP contribution in [0.4, 0.5) is 23.8 Å². The second-order valence-electron chi connectivity index (χ2n) is 10.4. The number of carbonyl (C=O) groups is 2. The van der Waals surface area contributed by atoms with Crippen molar-refractivity contribution in [2.24, 2.45) is 5.41 Å². The summed E-state index contributed by atoms with van der Waals surface area (Å²) in [6, 6.07) is -1.62. The highest BCUT2D eigenvalue weighted by molar-refractivity contribution is 6.30. The van der Waals surface area contributed by atoms with Crippen LogP contribution in [0.15, 0.2) is 6.07 Å². The van der Waals surface area contributed by atoms with Crippen LogP contribution in [0.3, 0.4) is 0 Å². The van der Waals surface area contributed by atoms with Gasteiger partial charge in [-0.1, -0.05) is 32.4 Å². The number of carbonyl (C=O) groups excluding carboxylic acids is 2. The first kappa shape index (κ1) is 29.1. The summed E-state index contributed by atoms with van der Waals surface area (Å²) in [4.78, 5) is 24.3. The quantitative estimate of drug-likeness (QED) is 0.440. The van der Waals surface area contributed by atoms with E-state index in [1.54, 1.807) is 41.5 Å². The van der Waals surface area contributed by atoms with Crippen LogP contribution >= 0.6 is 11.6 Å². The van der Waals surface area contributed by atoms with Crippen molar-refractivity contribution in [1.29, 1.82) is 0 Å². The van der Waals surface area contributed by atoms with Crippen molar-refractivity contribution in [3.63, 3.8) is 0 Å². The number of alkyl halides is 3. The number of nitrogens with zero attached hydrogens (tertiary/aromatic N) is 2. The number of alkyl carbamates (subject to hydrolysis) is 1. The summed E-state index contributed by atoms with van der Waals surface area (Å²) in [5, 5.41) is 14.9. The molecule has 1 aromatic rings. The average Bonchev–Trinajstić information content (AvgIpc) is 3.50. The van der Waals surface area contributed by atoms with Crippen LogP contribution in [0.25, 0.3) is 0 Å². The smallest absolute Gasteiger partial charge is 0.409 e. The van der Waals surface area contributed by atoms with Crippen LogP contribution in [0.5, 0.6) is 0 Å². The van der Waals surface area contributed by atoms with Gasteiger partial charge < -0.3 is 25.4 Å². The number of ether oxygens (including phenoxy) is 2. The number of nitrogens with one attached hydrogen (secondary N) is 3. The molecule has 1 aliphatic rings. The van der Waals surface area contributed by atoms with Gasteiger partial charge in [0.1, 0.15) is 11.6 Å². The zero-order valence-electron chi connectivity index (χ0n) is 20.7. The lowest BCUT2D eigenvalue weighted by Crippen LogP contribution is -2.53. The topological polar surface area (TPSA) is 114 Å². The monoisotopic (exact) mass is 523 g/mol. The van der Waals surface area contributed by atoms with Crippen LogP contribution in [-0.2, 0) is 14.3 Å². The Morgan fingerprint density at radius 1 is 1.14 bits per heavy atom. The number of aromatic nitrogens is 2. The zero-order valence-corrected chi connectivity index (χ0v) is 21.4. The van der Waals surface area contributed by atoms with E-state index in [1.165, 1.54) is 6.07 Å². The molecule has 1 aromatic heterocycles. The van der Waals surface area contributed by atoms with Crippen LogP contribution in [0.2, 0.25) is 5.15 Å². The number of amides is 2. The van der Waals surface area contributed by atoms with E-state index < -0.39 is 41.9 Å². The second kappa shape index (κ2) is 11.3. The lowest BCUT2D eigenvalue weighted by atomic mass is 9.96. The predicted molar refractivity (Wildman–Crippen MR) is 124 cm³/mol. The molecule has 1 aliphatic carbocycles. The number of hydrogen-bond acceptors (Lipinski definition) is 7. The van der Waals surface area contributed by atoms with Crippen LogP contribution < -0.4 is 16.0 Å². The molecular weight excluding hydrogens is 491 g/mol. The number of hydrogen-bond donors (Lipinski definition) is 3. The van der Waals surface area contributed by atoms with Gasteiger partial charge >= 0.3 is 12.3 Å². The summed E-state index contributed by atoms with van der Waals surface area (Å²) < 4.78 is 51.6. The van der Waals surface area contributed by atoms with Crippen LogP contribution in [-0.4, -0.2) is 59.3 Å². The Morgan fingerprint density at radius 2 is 1.77 bits per heavy atom. The summed E-state index contributed by atoms with van der Waals surface area (Å²) in [5.74, 6) is -0.223. The Kier molecular flexibility index (Phi) is 9.34. The third-order valence-electron chi connectivity index (χ3n) is 4.75. The van der Waals surface area contributed by atoms with Gasteiger partial charge in [-0.2, -0.15) is 13.2 Å². The first-order chi connectivity index (χ1) is 16.0. The molecule has 2 atom stereocenters. The molecule has 2 rings (SSSR count). The summed E-state index contributed by atoms with van der Waals surface area (Å²) in [7, 11) is 0. The molecule has 13 heteroatoms. The molecule has 0 unspecified atom stereocenters. The lowest BCUT2D eigenvalue weighted by molar-refractivity contribution is -0.154. The largest absolute Gasteiger partial charge is 0.444 e. The van der Waals surface area contributed by atoms with Crippen molar-refractivity contribution in [3.8, 4) is 0 Å². The van der Waals surface area contributed by atoms with E-state index in [0.717, 1.165) is 12.8 Å². The molecular formula is C22H33ClF3N5O4. The normalized spacial score (nSPS) is 16.4. The van der Waals surface area contributed by atoms with Gasteiger partial charge in [0.2, 0.25) is 5.91 Å². The van der Waals surface area contributed by atoms with Crippen molar-refractivity contribution in [2.75, 3.05) is 18.5 Å². The fourth-order valence-electron chi connectivity index (χ4n) is 2.68. The van der Waals surface area contributed by atoms with E-state index in [4.69, 9.17) is 21.1 Å². The van der Waals surface area contributed by atoms with Crippen molar-refractivity contribution in [3.05, 3.63) is 16.8 Å². The minimum atomic E-state index is -4.75. The maximum atomic E-state index is 13.7. The van der Waals surface area contributed by atoms with E-state index in [-0.39, 0.29) is 29.6 Å². The van der Waals surface area contributed by atoms with Gasteiger partial charge in [0.25, 0.3) is 0 Å². The Morgan fingerprint density at radius 3 is 2.29 bits per heavy atom. The summed E-state index contributed by atoms with van der Waals surface area (Å²) >= 11 is 6.22. The van der Waals surface area contributed by atoms with Crippen molar-refractivity contribution in [2.45, 2.75) is 84.3 Å². The Balaban J connectivity index is 2.21.